The smallest absolute Gasteiger partial charge is 0.338 e. The van der Waals surface area contributed by atoms with Gasteiger partial charge >= 0.3 is 5.97 Å². The second-order valence-electron chi connectivity index (χ2n) is 4.32. The molecule has 6 heteroatoms. The fourth-order valence-electron chi connectivity index (χ4n) is 1.57. The standard InChI is InChI=1S/C15H13FN2O3/c1-10-2-3-12(8-13(10)16)18-14(19)9-21-15(20)11-4-6-17-7-5-11/h2-8H,9H2,1H3,(H,18,19). The molecule has 0 bridgehead atoms. The van der Waals surface area contributed by atoms with Gasteiger partial charge in [0.1, 0.15) is 5.82 Å². The maximum atomic E-state index is 13.3. The van der Waals surface area contributed by atoms with Crippen LogP contribution in [0, 0.1) is 12.7 Å². The lowest BCUT2D eigenvalue weighted by Gasteiger charge is -2.07. The molecule has 0 aliphatic carbocycles. The van der Waals surface area contributed by atoms with Crippen molar-refractivity contribution in [2.75, 3.05) is 11.9 Å². The summed E-state index contributed by atoms with van der Waals surface area (Å²) in [4.78, 5) is 27.0. The molecule has 0 atom stereocenters. The quantitative estimate of drug-likeness (QED) is 0.877. The Labute approximate surface area is 120 Å². The number of anilines is 1. The Morgan fingerprint density at radius 3 is 2.62 bits per heavy atom. The summed E-state index contributed by atoms with van der Waals surface area (Å²) in [5.41, 5.74) is 1.10. The molecule has 0 unspecified atom stereocenters. The van der Waals surface area contributed by atoms with Gasteiger partial charge < -0.3 is 10.1 Å². The summed E-state index contributed by atoms with van der Waals surface area (Å²) in [6, 6.07) is 7.29. The van der Waals surface area contributed by atoms with Gasteiger partial charge in [0.05, 0.1) is 5.56 Å². The number of carbonyl (C=O) groups excluding carboxylic acids is 2. The average Bonchev–Trinajstić information content (AvgIpc) is 2.49. The van der Waals surface area contributed by atoms with Crippen LogP contribution in [0.25, 0.3) is 0 Å². The molecule has 0 spiro atoms. The van der Waals surface area contributed by atoms with E-state index in [1.807, 2.05) is 0 Å². The zero-order chi connectivity index (χ0) is 15.2. The van der Waals surface area contributed by atoms with Crippen LogP contribution in [0.1, 0.15) is 15.9 Å². The molecule has 0 aliphatic rings. The zero-order valence-corrected chi connectivity index (χ0v) is 11.3. The van der Waals surface area contributed by atoms with Crippen LogP contribution in [0.3, 0.4) is 0 Å². The van der Waals surface area contributed by atoms with Crippen LogP contribution >= 0.6 is 0 Å². The van der Waals surface area contributed by atoms with Crippen molar-refractivity contribution in [2.45, 2.75) is 6.92 Å². The number of benzene rings is 1. The fraction of sp³-hybridized carbons (Fsp3) is 0.133. The van der Waals surface area contributed by atoms with Crippen LogP contribution in [-0.2, 0) is 9.53 Å². The van der Waals surface area contributed by atoms with E-state index in [1.54, 1.807) is 19.1 Å². The van der Waals surface area contributed by atoms with Crippen LogP contribution in [0.2, 0.25) is 0 Å². The molecule has 108 valence electrons. The van der Waals surface area contributed by atoms with Crippen molar-refractivity contribution in [3.8, 4) is 0 Å². The van der Waals surface area contributed by atoms with Gasteiger partial charge in [0.2, 0.25) is 0 Å². The number of pyridine rings is 1. The highest BCUT2D eigenvalue weighted by molar-refractivity contribution is 5.95. The molecule has 0 radical (unpaired) electrons. The Bertz CT molecular complexity index is 659. The number of carbonyl (C=O) groups is 2. The van der Waals surface area contributed by atoms with Gasteiger partial charge in [0.15, 0.2) is 6.61 Å². The van der Waals surface area contributed by atoms with E-state index >= 15 is 0 Å². The number of halogens is 1. The molecular formula is C15H13FN2O3. The number of rotatable bonds is 4. The lowest BCUT2D eigenvalue weighted by Crippen LogP contribution is -2.21. The van der Waals surface area contributed by atoms with Crippen LogP contribution in [0.15, 0.2) is 42.7 Å². The maximum absolute atomic E-state index is 13.3. The Kier molecular flexibility index (Phi) is 4.61. The van der Waals surface area contributed by atoms with E-state index in [-0.39, 0.29) is 0 Å². The van der Waals surface area contributed by atoms with Gasteiger partial charge in [-0.05, 0) is 36.8 Å². The van der Waals surface area contributed by atoms with Crippen LogP contribution < -0.4 is 5.32 Å². The molecule has 0 saturated carbocycles. The number of hydrogen-bond donors (Lipinski definition) is 1. The highest BCUT2D eigenvalue weighted by Crippen LogP contribution is 2.13. The summed E-state index contributed by atoms with van der Waals surface area (Å²) in [5, 5.41) is 2.45. The number of esters is 1. The number of nitrogens with zero attached hydrogens (tertiary/aromatic N) is 1. The summed E-state index contributed by atoms with van der Waals surface area (Å²) < 4.78 is 18.2. The molecule has 2 aromatic rings. The van der Waals surface area contributed by atoms with Gasteiger partial charge in [-0.15, -0.1) is 0 Å². The topological polar surface area (TPSA) is 68.3 Å². The molecule has 1 amide bonds. The fourth-order valence-corrected chi connectivity index (χ4v) is 1.57. The van der Waals surface area contributed by atoms with Crippen molar-refractivity contribution in [2.24, 2.45) is 0 Å². The predicted octanol–water partition coefficient (Wildman–Crippen LogP) is 2.32. The summed E-state index contributed by atoms with van der Waals surface area (Å²) in [6.07, 6.45) is 2.90. The number of aryl methyl sites for hydroxylation is 1. The summed E-state index contributed by atoms with van der Waals surface area (Å²) in [7, 11) is 0. The normalized spacial score (nSPS) is 10.0. The first kappa shape index (κ1) is 14.6. The molecule has 0 fully saturated rings. The van der Waals surface area contributed by atoms with E-state index in [4.69, 9.17) is 4.74 Å². The second-order valence-corrected chi connectivity index (χ2v) is 4.32. The van der Waals surface area contributed by atoms with E-state index in [2.05, 4.69) is 10.3 Å². The Balaban J connectivity index is 1.87. The molecule has 1 N–H and O–H groups in total. The Morgan fingerprint density at radius 2 is 1.95 bits per heavy atom. The van der Waals surface area contributed by atoms with E-state index in [0.717, 1.165) is 0 Å². The van der Waals surface area contributed by atoms with E-state index < -0.39 is 24.3 Å². The second kappa shape index (κ2) is 6.60. The SMILES string of the molecule is Cc1ccc(NC(=O)COC(=O)c2ccncc2)cc1F. The average molecular weight is 288 g/mol. The van der Waals surface area contributed by atoms with Gasteiger partial charge in [0, 0.05) is 18.1 Å². The third-order valence-corrected chi connectivity index (χ3v) is 2.71. The molecule has 1 aromatic heterocycles. The number of hydrogen-bond acceptors (Lipinski definition) is 4. The van der Waals surface area contributed by atoms with E-state index in [0.29, 0.717) is 16.8 Å². The Morgan fingerprint density at radius 1 is 1.24 bits per heavy atom. The monoisotopic (exact) mass is 288 g/mol. The first-order chi connectivity index (χ1) is 10.1. The number of aromatic nitrogens is 1. The Hall–Kier alpha value is -2.76. The largest absolute Gasteiger partial charge is 0.452 e. The molecule has 0 aliphatic heterocycles. The molecule has 1 aromatic carbocycles. The van der Waals surface area contributed by atoms with Crippen molar-refractivity contribution in [3.63, 3.8) is 0 Å². The van der Waals surface area contributed by atoms with Crippen LogP contribution in [0.4, 0.5) is 10.1 Å². The van der Waals surface area contributed by atoms with Crippen molar-refractivity contribution in [3.05, 3.63) is 59.7 Å². The maximum Gasteiger partial charge on any atom is 0.338 e. The third kappa shape index (κ3) is 4.10. The van der Waals surface area contributed by atoms with Crippen LogP contribution in [0.5, 0.6) is 0 Å². The van der Waals surface area contributed by atoms with Crippen LogP contribution in [-0.4, -0.2) is 23.5 Å². The van der Waals surface area contributed by atoms with Crippen molar-refractivity contribution >= 4 is 17.6 Å². The third-order valence-electron chi connectivity index (χ3n) is 2.71. The van der Waals surface area contributed by atoms with Gasteiger partial charge in [-0.1, -0.05) is 6.07 Å². The lowest BCUT2D eigenvalue weighted by molar-refractivity contribution is -0.119. The number of amides is 1. The minimum atomic E-state index is -0.623. The molecule has 21 heavy (non-hydrogen) atoms. The van der Waals surface area contributed by atoms with Gasteiger partial charge in [-0.25, -0.2) is 9.18 Å². The molecular weight excluding hydrogens is 275 g/mol. The van der Waals surface area contributed by atoms with Crippen molar-refractivity contribution < 1.29 is 18.7 Å². The molecule has 2 rings (SSSR count). The zero-order valence-electron chi connectivity index (χ0n) is 11.3. The molecule has 5 nitrogen and oxygen atoms in total. The number of ether oxygens (including phenoxy) is 1. The lowest BCUT2D eigenvalue weighted by atomic mass is 10.2. The summed E-state index contributed by atoms with van der Waals surface area (Å²) >= 11 is 0. The molecule has 1 heterocycles. The van der Waals surface area contributed by atoms with Crippen molar-refractivity contribution in [1.82, 2.24) is 4.98 Å². The van der Waals surface area contributed by atoms with Gasteiger partial charge in [-0.2, -0.15) is 0 Å². The summed E-state index contributed by atoms with van der Waals surface area (Å²) in [6.45, 7) is 1.17. The first-order valence-corrected chi connectivity index (χ1v) is 6.19. The predicted molar refractivity (Wildman–Crippen MR) is 74.3 cm³/mol. The van der Waals surface area contributed by atoms with Crippen molar-refractivity contribution in [1.29, 1.82) is 0 Å². The van der Waals surface area contributed by atoms with Gasteiger partial charge in [-0.3, -0.25) is 9.78 Å². The first-order valence-electron chi connectivity index (χ1n) is 6.19. The van der Waals surface area contributed by atoms with E-state index in [1.165, 1.54) is 30.6 Å². The van der Waals surface area contributed by atoms with E-state index in [9.17, 15) is 14.0 Å². The minimum absolute atomic E-state index is 0.305. The summed E-state index contributed by atoms with van der Waals surface area (Å²) in [5.74, 6) is -1.58. The molecule has 0 saturated heterocycles. The number of nitrogens with one attached hydrogen (secondary N) is 1. The highest BCUT2D eigenvalue weighted by atomic mass is 19.1. The minimum Gasteiger partial charge on any atom is -0.452 e. The van der Waals surface area contributed by atoms with Gasteiger partial charge in [0.25, 0.3) is 5.91 Å². The highest BCUT2D eigenvalue weighted by Gasteiger charge is 2.10.